The van der Waals surface area contributed by atoms with Gasteiger partial charge in [-0.2, -0.15) is 0 Å². The normalized spacial score (nSPS) is 10.7. The maximum atomic E-state index is 12.3. The van der Waals surface area contributed by atoms with E-state index in [1.165, 1.54) is 6.07 Å². The van der Waals surface area contributed by atoms with Crippen LogP contribution in [0.1, 0.15) is 28.4 Å². The van der Waals surface area contributed by atoms with Gasteiger partial charge in [-0.3, -0.25) is 0 Å². The summed E-state index contributed by atoms with van der Waals surface area (Å²) in [6, 6.07) is 11.7. The van der Waals surface area contributed by atoms with E-state index in [0.29, 0.717) is 34.6 Å². The van der Waals surface area contributed by atoms with E-state index in [1.807, 2.05) is 6.92 Å². The molecule has 0 N–H and O–H groups in total. The van der Waals surface area contributed by atoms with Crippen molar-refractivity contribution in [3.05, 3.63) is 69.6 Å². The van der Waals surface area contributed by atoms with E-state index in [0.717, 1.165) is 10.9 Å². The minimum absolute atomic E-state index is 0.365. The fraction of sp³-hybridized carbons (Fsp3) is 0.200. The second-order valence-electron chi connectivity index (χ2n) is 5.63. The smallest absolute Gasteiger partial charge is 0.343 e. The molecule has 128 valence electrons. The van der Waals surface area contributed by atoms with Crippen molar-refractivity contribution in [3.8, 4) is 11.5 Å². The Morgan fingerprint density at radius 3 is 2.48 bits per heavy atom. The molecule has 0 fully saturated rings. The molecule has 0 radical (unpaired) electrons. The minimum Gasteiger partial charge on any atom is -0.497 e. The largest absolute Gasteiger partial charge is 0.497 e. The Kier molecular flexibility index (Phi) is 4.57. The summed E-state index contributed by atoms with van der Waals surface area (Å²) in [5.74, 6) is 0.538. The quantitative estimate of drug-likeness (QED) is 0.410. The molecule has 0 bridgehead atoms. The monoisotopic (exact) mass is 338 g/mol. The number of esters is 1. The van der Waals surface area contributed by atoms with Crippen LogP contribution in [0, 0.1) is 6.92 Å². The molecule has 0 amide bonds. The number of benzene rings is 2. The van der Waals surface area contributed by atoms with Crippen LogP contribution < -0.4 is 15.1 Å². The van der Waals surface area contributed by atoms with Gasteiger partial charge in [0, 0.05) is 17.0 Å². The summed E-state index contributed by atoms with van der Waals surface area (Å²) in [5, 5.41) is 0.851. The highest BCUT2D eigenvalue weighted by atomic mass is 16.5. The van der Waals surface area contributed by atoms with E-state index in [1.54, 1.807) is 50.4 Å². The molecule has 0 saturated carbocycles. The highest BCUT2D eigenvalue weighted by Crippen LogP contribution is 2.29. The van der Waals surface area contributed by atoms with Crippen molar-refractivity contribution in [3.63, 3.8) is 0 Å². The topological polar surface area (TPSA) is 65.7 Å². The first-order valence-electron chi connectivity index (χ1n) is 7.96. The predicted molar refractivity (Wildman–Crippen MR) is 94.6 cm³/mol. The molecule has 0 saturated heterocycles. The SMILES string of the molecule is CCc1cc(=O)oc2c(C)c(OC(=O)c3ccc(OC)cc3)ccc12. The van der Waals surface area contributed by atoms with Gasteiger partial charge < -0.3 is 13.9 Å². The molecule has 0 aliphatic carbocycles. The Labute approximate surface area is 144 Å². The van der Waals surface area contributed by atoms with Gasteiger partial charge in [-0.15, -0.1) is 0 Å². The lowest BCUT2D eigenvalue weighted by atomic mass is 10.0. The summed E-state index contributed by atoms with van der Waals surface area (Å²) in [7, 11) is 1.56. The van der Waals surface area contributed by atoms with Crippen LogP contribution in [0.15, 0.2) is 51.7 Å². The lowest BCUT2D eigenvalue weighted by molar-refractivity contribution is 0.0733. The van der Waals surface area contributed by atoms with Crippen molar-refractivity contribution < 1.29 is 18.7 Å². The fourth-order valence-corrected chi connectivity index (χ4v) is 2.70. The van der Waals surface area contributed by atoms with Gasteiger partial charge in [-0.05, 0) is 55.3 Å². The van der Waals surface area contributed by atoms with Gasteiger partial charge in [0.15, 0.2) is 0 Å². The van der Waals surface area contributed by atoms with Crippen molar-refractivity contribution in [2.45, 2.75) is 20.3 Å². The van der Waals surface area contributed by atoms with Crippen LogP contribution in [0.5, 0.6) is 11.5 Å². The number of hydrogen-bond acceptors (Lipinski definition) is 5. The van der Waals surface area contributed by atoms with Crippen molar-refractivity contribution in [2.24, 2.45) is 0 Å². The van der Waals surface area contributed by atoms with Crippen molar-refractivity contribution in [1.82, 2.24) is 0 Å². The molecular weight excluding hydrogens is 320 g/mol. The molecule has 3 rings (SSSR count). The van der Waals surface area contributed by atoms with Gasteiger partial charge in [0.05, 0.1) is 12.7 Å². The Morgan fingerprint density at radius 1 is 1.12 bits per heavy atom. The molecule has 0 aliphatic heterocycles. The molecule has 0 unspecified atom stereocenters. The first-order chi connectivity index (χ1) is 12.0. The number of carbonyl (C=O) groups is 1. The van der Waals surface area contributed by atoms with Gasteiger partial charge >= 0.3 is 11.6 Å². The molecular formula is C20H18O5. The average Bonchev–Trinajstić information content (AvgIpc) is 2.63. The van der Waals surface area contributed by atoms with Crippen LogP contribution in [0.4, 0.5) is 0 Å². The van der Waals surface area contributed by atoms with Gasteiger partial charge in [-0.25, -0.2) is 9.59 Å². The van der Waals surface area contributed by atoms with E-state index in [-0.39, 0.29) is 0 Å². The Morgan fingerprint density at radius 2 is 1.84 bits per heavy atom. The van der Waals surface area contributed by atoms with Crippen molar-refractivity contribution >= 4 is 16.9 Å². The Hall–Kier alpha value is -3.08. The number of fused-ring (bicyclic) bond motifs is 1. The Bertz CT molecular complexity index is 983. The van der Waals surface area contributed by atoms with Crippen LogP contribution in [0.3, 0.4) is 0 Å². The van der Waals surface area contributed by atoms with Crippen LogP contribution in [-0.4, -0.2) is 13.1 Å². The summed E-state index contributed by atoms with van der Waals surface area (Å²) in [6.07, 6.45) is 0.715. The van der Waals surface area contributed by atoms with Crippen LogP contribution >= 0.6 is 0 Å². The molecule has 1 aromatic heterocycles. The third-order valence-electron chi connectivity index (χ3n) is 4.11. The zero-order valence-electron chi connectivity index (χ0n) is 14.3. The van der Waals surface area contributed by atoms with E-state index in [4.69, 9.17) is 13.9 Å². The van der Waals surface area contributed by atoms with Gasteiger partial charge in [0.1, 0.15) is 17.1 Å². The van der Waals surface area contributed by atoms with Crippen LogP contribution in [0.25, 0.3) is 11.0 Å². The van der Waals surface area contributed by atoms with E-state index in [9.17, 15) is 9.59 Å². The average molecular weight is 338 g/mol. The standard InChI is InChI=1S/C20H18O5/c1-4-13-11-18(21)25-19-12(2)17(10-9-16(13)19)24-20(22)14-5-7-15(23-3)8-6-14/h5-11H,4H2,1-3H3. The van der Waals surface area contributed by atoms with Crippen molar-refractivity contribution in [1.29, 1.82) is 0 Å². The number of methoxy groups -OCH3 is 1. The van der Waals surface area contributed by atoms with Crippen LogP contribution in [0.2, 0.25) is 0 Å². The first-order valence-corrected chi connectivity index (χ1v) is 7.96. The molecule has 3 aromatic rings. The molecule has 0 aliphatic rings. The lowest BCUT2D eigenvalue weighted by Crippen LogP contribution is -2.10. The number of carbonyl (C=O) groups excluding carboxylic acids is 1. The van der Waals surface area contributed by atoms with Crippen molar-refractivity contribution in [2.75, 3.05) is 7.11 Å². The summed E-state index contributed by atoms with van der Waals surface area (Å²) >= 11 is 0. The predicted octanol–water partition coefficient (Wildman–Crippen LogP) is 3.89. The molecule has 0 atom stereocenters. The first kappa shape index (κ1) is 16.8. The number of aryl methyl sites for hydroxylation is 2. The van der Waals surface area contributed by atoms with E-state index < -0.39 is 11.6 Å². The minimum atomic E-state index is -0.487. The number of hydrogen-bond donors (Lipinski definition) is 0. The van der Waals surface area contributed by atoms with Gasteiger partial charge in [0.2, 0.25) is 0 Å². The van der Waals surface area contributed by atoms with Gasteiger partial charge in [-0.1, -0.05) is 6.92 Å². The molecule has 1 heterocycles. The van der Waals surface area contributed by atoms with Crippen LogP contribution in [-0.2, 0) is 6.42 Å². The van der Waals surface area contributed by atoms with E-state index >= 15 is 0 Å². The third-order valence-corrected chi connectivity index (χ3v) is 4.11. The summed E-state index contributed by atoms with van der Waals surface area (Å²) in [6.45, 7) is 3.74. The second kappa shape index (κ2) is 6.81. The summed E-state index contributed by atoms with van der Waals surface area (Å²) in [5.41, 5.74) is 1.97. The Balaban J connectivity index is 1.97. The van der Waals surface area contributed by atoms with Gasteiger partial charge in [0.25, 0.3) is 0 Å². The third kappa shape index (κ3) is 3.26. The molecule has 5 heteroatoms. The van der Waals surface area contributed by atoms with E-state index in [2.05, 4.69) is 0 Å². The summed E-state index contributed by atoms with van der Waals surface area (Å²) < 4.78 is 15.9. The maximum absolute atomic E-state index is 12.3. The summed E-state index contributed by atoms with van der Waals surface area (Å²) in [4.78, 5) is 24.1. The molecule has 2 aromatic carbocycles. The fourth-order valence-electron chi connectivity index (χ4n) is 2.70. The maximum Gasteiger partial charge on any atom is 0.343 e. The number of ether oxygens (including phenoxy) is 2. The highest BCUT2D eigenvalue weighted by Gasteiger charge is 2.15. The molecule has 0 spiro atoms. The zero-order chi connectivity index (χ0) is 18.0. The molecule has 5 nitrogen and oxygen atoms in total. The highest BCUT2D eigenvalue weighted by molar-refractivity contribution is 5.92. The lowest BCUT2D eigenvalue weighted by Gasteiger charge is -2.11. The number of rotatable bonds is 4. The zero-order valence-corrected chi connectivity index (χ0v) is 14.3. The molecule has 25 heavy (non-hydrogen) atoms. The second-order valence-corrected chi connectivity index (χ2v) is 5.63.